The third kappa shape index (κ3) is 2.62. The average molecular weight is 323 g/mol. The van der Waals surface area contributed by atoms with Gasteiger partial charge in [-0.15, -0.1) is 0 Å². The van der Waals surface area contributed by atoms with Gasteiger partial charge in [-0.05, 0) is 37.0 Å². The molecule has 0 radical (unpaired) electrons. The van der Waals surface area contributed by atoms with Gasteiger partial charge in [-0.3, -0.25) is 0 Å². The number of phenolic OH excluding ortho intramolecular Hbond substituents is 1. The molecule has 0 unspecified atom stereocenters. The molecule has 0 spiro atoms. The Kier molecular flexibility index (Phi) is 3.70. The van der Waals surface area contributed by atoms with E-state index in [9.17, 15) is 18.3 Å². The molecule has 1 fully saturated rings. The molecule has 6 nitrogen and oxygen atoms in total. The van der Waals surface area contributed by atoms with Crippen molar-refractivity contribution in [2.24, 2.45) is 5.92 Å². The third-order valence-electron chi connectivity index (χ3n) is 4.05. The first-order valence-electron chi connectivity index (χ1n) is 7.15. The number of rotatable bonds is 2. The van der Waals surface area contributed by atoms with Crippen molar-refractivity contribution in [1.82, 2.24) is 4.31 Å². The monoisotopic (exact) mass is 323 g/mol. The van der Waals surface area contributed by atoms with Gasteiger partial charge in [0, 0.05) is 24.5 Å². The van der Waals surface area contributed by atoms with Crippen LogP contribution in [-0.4, -0.2) is 30.9 Å². The van der Waals surface area contributed by atoms with Crippen LogP contribution in [0.15, 0.2) is 38.4 Å². The van der Waals surface area contributed by atoms with Gasteiger partial charge in [0.05, 0.1) is 0 Å². The molecule has 0 bridgehead atoms. The van der Waals surface area contributed by atoms with Crippen molar-refractivity contribution in [2.45, 2.75) is 24.7 Å². The molecule has 0 amide bonds. The summed E-state index contributed by atoms with van der Waals surface area (Å²) in [7, 11) is -3.85. The maximum Gasteiger partial charge on any atom is 0.356 e. The molecule has 2 aromatic rings. The van der Waals surface area contributed by atoms with Crippen molar-refractivity contribution in [3.8, 4) is 5.75 Å². The number of piperidine rings is 1. The second-order valence-electron chi connectivity index (χ2n) is 5.71. The lowest BCUT2D eigenvalue weighted by Crippen LogP contribution is -2.39. The minimum atomic E-state index is -3.85. The minimum absolute atomic E-state index is 0.0451. The van der Waals surface area contributed by atoms with Crippen LogP contribution in [0.25, 0.3) is 11.0 Å². The van der Waals surface area contributed by atoms with Crippen molar-refractivity contribution in [1.29, 1.82) is 0 Å². The standard InChI is InChI=1S/C15H17NO5S/c1-10-4-6-16(7-5-10)22(19,20)14-8-11-2-3-12(17)9-13(11)21-15(14)18/h2-3,8-10,17H,4-7H2,1H3. The van der Waals surface area contributed by atoms with Crippen LogP contribution in [0, 0.1) is 5.92 Å². The Labute approximate surface area is 128 Å². The number of nitrogens with zero attached hydrogens (tertiary/aromatic N) is 1. The van der Waals surface area contributed by atoms with Gasteiger partial charge in [-0.25, -0.2) is 13.2 Å². The van der Waals surface area contributed by atoms with Crippen LogP contribution in [-0.2, 0) is 10.0 Å². The molecule has 1 aromatic carbocycles. The Bertz CT molecular complexity index is 863. The lowest BCUT2D eigenvalue weighted by Gasteiger charge is -2.28. The number of aromatic hydroxyl groups is 1. The van der Waals surface area contributed by atoms with E-state index in [1.165, 1.54) is 28.6 Å². The van der Waals surface area contributed by atoms with E-state index < -0.39 is 15.6 Å². The third-order valence-corrected chi connectivity index (χ3v) is 5.93. The molecule has 7 heteroatoms. The normalized spacial score (nSPS) is 17.9. The SMILES string of the molecule is CC1CCN(S(=O)(=O)c2cc3ccc(O)cc3oc2=O)CC1. The van der Waals surface area contributed by atoms with Crippen molar-refractivity contribution < 1.29 is 17.9 Å². The molecule has 0 atom stereocenters. The molecule has 3 rings (SSSR count). The van der Waals surface area contributed by atoms with E-state index in [0.29, 0.717) is 24.4 Å². The summed E-state index contributed by atoms with van der Waals surface area (Å²) in [5, 5.41) is 9.85. The van der Waals surface area contributed by atoms with Crippen LogP contribution in [0.4, 0.5) is 0 Å². The van der Waals surface area contributed by atoms with Crippen LogP contribution < -0.4 is 5.63 Å². The number of fused-ring (bicyclic) bond motifs is 1. The molecule has 0 aliphatic carbocycles. The summed E-state index contributed by atoms with van der Waals surface area (Å²) in [4.78, 5) is 11.7. The first kappa shape index (κ1) is 15.1. The minimum Gasteiger partial charge on any atom is -0.508 e. The Balaban J connectivity index is 2.07. The van der Waals surface area contributed by atoms with E-state index in [2.05, 4.69) is 6.92 Å². The quantitative estimate of drug-likeness (QED) is 0.853. The maximum atomic E-state index is 12.6. The predicted octanol–water partition coefficient (Wildman–Crippen LogP) is 1.92. The van der Waals surface area contributed by atoms with Gasteiger partial charge >= 0.3 is 5.63 Å². The molecule has 1 N–H and O–H groups in total. The summed E-state index contributed by atoms with van der Waals surface area (Å²) in [6.45, 7) is 2.91. The van der Waals surface area contributed by atoms with Crippen molar-refractivity contribution in [3.05, 3.63) is 34.7 Å². The summed E-state index contributed by atoms with van der Waals surface area (Å²) in [6.07, 6.45) is 1.57. The van der Waals surface area contributed by atoms with Crippen molar-refractivity contribution in [2.75, 3.05) is 13.1 Å². The van der Waals surface area contributed by atoms with Gasteiger partial charge in [0.2, 0.25) is 10.0 Å². The summed E-state index contributed by atoms with van der Waals surface area (Å²) in [5.74, 6) is 0.443. The van der Waals surface area contributed by atoms with Gasteiger partial charge in [0.15, 0.2) is 4.90 Å². The Morgan fingerprint density at radius 1 is 1.23 bits per heavy atom. The number of sulfonamides is 1. The maximum absolute atomic E-state index is 12.6. The number of benzene rings is 1. The molecule has 22 heavy (non-hydrogen) atoms. The highest BCUT2D eigenvalue weighted by atomic mass is 32.2. The van der Waals surface area contributed by atoms with E-state index in [1.54, 1.807) is 0 Å². The lowest BCUT2D eigenvalue weighted by molar-refractivity contribution is 0.287. The van der Waals surface area contributed by atoms with E-state index in [4.69, 9.17) is 4.42 Å². The smallest absolute Gasteiger partial charge is 0.356 e. The number of hydrogen-bond donors (Lipinski definition) is 1. The summed E-state index contributed by atoms with van der Waals surface area (Å²) in [5.41, 5.74) is -0.743. The van der Waals surface area contributed by atoms with Crippen LogP contribution >= 0.6 is 0 Å². The fourth-order valence-electron chi connectivity index (χ4n) is 2.63. The van der Waals surface area contributed by atoms with Gasteiger partial charge in [0.1, 0.15) is 11.3 Å². The molecule has 1 aliphatic heterocycles. The second-order valence-corrected chi connectivity index (χ2v) is 7.61. The lowest BCUT2D eigenvalue weighted by atomic mass is 10.0. The van der Waals surface area contributed by atoms with Crippen LogP contribution in [0.2, 0.25) is 0 Å². The zero-order valence-electron chi connectivity index (χ0n) is 12.2. The molecule has 1 aromatic heterocycles. The molecule has 118 valence electrons. The highest BCUT2D eigenvalue weighted by molar-refractivity contribution is 7.89. The van der Waals surface area contributed by atoms with Crippen LogP contribution in [0.5, 0.6) is 5.75 Å². The number of hydrogen-bond acceptors (Lipinski definition) is 5. The fraction of sp³-hybridized carbons (Fsp3) is 0.400. The van der Waals surface area contributed by atoms with Crippen LogP contribution in [0.3, 0.4) is 0 Å². The van der Waals surface area contributed by atoms with Gasteiger partial charge in [0.25, 0.3) is 0 Å². The van der Waals surface area contributed by atoms with Gasteiger partial charge in [-0.2, -0.15) is 4.31 Å². The van der Waals surface area contributed by atoms with Crippen molar-refractivity contribution in [3.63, 3.8) is 0 Å². The average Bonchev–Trinajstić information content (AvgIpc) is 2.46. The first-order chi connectivity index (χ1) is 10.4. The summed E-state index contributed by atoms with van der Waals surface area (Å²) >= 11 is 0. The fourth-order valence-corrected chi connectivity index (χ4v) is 4.12. The summed E-state index contributed by atoms with van der Waals surface area (Å²) in [6, 6.07) is 5.54. The molecule has 1 aliphatic rings. The highest BCUT2D eigenvalue weighted by Crippen LogP contribution is 2.25. The molecule has 1 saturated heterocycles. The van der Waals surface area contributed by atoms with E-state index >= 15 is 0 Å². The highest BCUT2D eigenvalue weighted by Gasteiger charge is 2.31. The van der Waals surface area contributed by atoms with E-state index in [0.717, 1.165) is 12.8 Å². The van der Waals surface area contributed by atoms with Crippen molar-refractivity contribution >= 4 is 21.0 Å². The first-order valence-corrected chi connectivity index (χ1v) is 8.59. The largest absolute Gasteiger partial charge is 0.508 e. The Morgan fingerprint density at radius 3 is 2.59 bits per heavy atom. The predicted molar refractivity (Wildman–Crippen MR) is 81.3 cm³/mol. The zero-order valence-corrected chi connectivity index (χ0v) is 13.0. The summed E-state index contributed by atoms with van der Waals surface area (Å²) < 4.78 is 31.7. The van der Waals surface area contributed by atoms with Gasteiger partial charge < -0.3 is 9.52 Å². The van der Waals surface area contributed by atoms with Gasteiger partial charge in [-0.1, -0.05) is 6.92 Å². The molecule has 2 heterocycles. The topological polar surface area (TPSA) is 87.8 Å². The Hall–Kier alpha value is -1.86. The van der Waals surface area contributed by atoms with Crippen LogP contribution in [0.1, 0.15) is 19.8 Å². The second kappa shape index (κ2) is 5.40. The molecular weight excluding hydrogens is 306 g/mol. The van der Waals surface area contributed by atoms with E-state index in [-0.39, 0.29) is 16.2 Å². The van der Waals surface area contributed by atoms with E-state index in [1.807, 2.05) is 0 Å². The molecule has 0 saturated carbocycles. The number of phenols is 1. The molecular formula is C15H17NO5S. The zero-order chi connectivity index (χ0) is 15.9. The Morgan fingerprint density at radius 2 is 1.91 bits per heavy atom.